The van der Waals surface area contributed by atoms with Gasteiger partial charge in [0, 0.05) is 5.69 Å². The highest BCUT2D eigenvalue weighted by Crippen LogP contribution is 2.58. The van der Waals surface area contributed by atoms with Crippen LogP contribution in [0.1, 0.15) is 13.8 Å². The molecule has 1 aliphatic carbocycles. The van der Waals surface area contributed by atoms with Crippen molar-refractivity contribution in [3.8, 4) is 5.69 Å². The number of carbonyl (C=O) groups excluding carboxylic acids is 1. The van der Waals surface area contributed by atoms with E-state index in [1.807, 2.05) is 0 Å². The summed E-state index contributed by atoms with van der Waals surface area (Å²) >= 11 is 0. The summed E-state index contributed by atoms with van der Waals surface area (Å²) in [6.45, 7) is 3.57. The average Bonchev–Trinajstić information content (AvgIpc) is 2.84. The van der Waals surface area contributed by atoms with Crippen LogP contribution in [0.3, 0.4) is 0 Å². The van der Waals surface area contributed by atoms with E-state index in [0.29, 0.717) is 11.4 Å². The summed E-state index contributed by atoms with van der Waals surface area (Å²) in [6.07, 6.45) is 1.45. The van der Waals surface area contributed by atoms with Crippen molar-refractivity contribution in [2.24, 2.45) is 17.3 Å². The first-order valence-corrected chi connectivity index (χ1v) is 6.78. The minimum absolute atomic E-state index is 0.286. The number of aliphatic carboxylic acids is 1. The molecule has 1 amide bonds. The van der Waals surface area contributed by atoms with Crippen molar-refractivity contribution in [1.82, 2.24) is 20.2 Å². The summed E-state index contributed by atoms with van der Waals surface area (Å²) in [5, 5.41) is 22.8. The van der Waals surface area contributed by atoms with Crippen LogP contribution >= 0.6 is 0 Å². The van der Waals surface area contributed by atoms with E-state index in [1.54, 1.807) is 38.1 Å². The fourth-order valence-electron chi connectivity index (χ4n) is 2.81. The lowest BCUT2D eigenvalue weighted by molar-refractivity contribution is -0.140. The van der Waals surface area contributed by atoms with Crippen molar-refractivity contribution >= 4 is 17.6 Å². The number of tetrazole rings is 1. The molecule has 114 valence electrons. The van der Waals surface area contributed by atoms with Crippen molar-refractivity contribution in [1.29, 1.82) is 0 Å². The van der Waals surface area contributed by atoms with E-state index >= 15 is 0 Å². The van der Waals surface area contributed by atoms with E-state index in [-0.39, 0.29) is 5.91 Å². The normalized spacial score (nSPS) is 22.1. The Balaban J connectivity index is 1.76. The summed E-state index contributed by atoms with van der Waals surface area (Å²) in [5.41, 5.74) is 0.751. The number of benzene rings is 1. The molecule has 1 saturated carbocycles. The highest BCUT2D eigenvalue weighted by Gasteiger charge is 2.65. The van der Waals surface area contributed by atoms with Gasteiger partial charge in [0.15, 0.2) is 0 Å². The van der Waals surface area contributed by atoms with E-state index in [2.05, 4.69) is 20.8 Å². The third kappa shape index (κ3) is 2.32. The molecule has 1 fully saturated rings. The average molecular weight is 301 g/mol. The molecule has 0 spiro atoms. The Bertz CT molecular complexity index is 726. The minimum Gasteiger partial charge on any atom is -0.481 e. The quantitative estimate of drug-likeness (QED) is 0.870. The molecule has 1 aromatic heterocycles. The first-order chi connectivity index (χ1) is 10.4. The molecule has 8 heteroatoms. The highest BCUT2D eigenvalue weighted by atomic mass is 16.4. The summed E-state index contributed by atoms with van der Waals surface area (Å²) in [5.74, 6) is -2.39. The maximum atomic E-state index is 12.3. The molecule has 0 unspecified atom stereocenters. The molecule has 8 nitrogen and oxygen atoms in total. The molecule has 1 aromatic carbocycles. The van der Waals surface area contributed by atoms with Gasteiger partial charge in [0.2, 0.25) is 5.91 Å². The molecule has 2 atom stereocenters. The fraction of sp³-hybridized carbons (Fsp3) is 0.357. The minimum atomic E-state index is -0.937. The monoisotopic (exact) mass is 301 g/mol. The van der Waals surface area contributed by atoms with E-state index < -0.39 is 23.2 Å². The first-order valence-electron chi connectivity index (χ1n) is 6.78. The Hall–Kier alpha value is -2.77. The predicted octanol–water partition coefficient (Wildman–Crippen LogP) is 0.958. The van der Waals surface area contributed by atoms with Gasteiger partial charge in [-0.1, -0.05) is 19.9 Å². The molecule has 3 rings (SSSR count). The van der Waals surface area contributed by atoms with E-state index in [0.717, 1.165) is 0 Å². The molecule has 0 saturated heterocycles. The zero-order valence-corrected chi connectivity index (χ0v) is 12.1. The zero-order chi connectivity index (χ0) is 15.9. The van der Waals surface area contributed by atoms with Crippen molar-refractivity contribution in [3.05, 3.63) is 30.6 Å². The van der Waals surface area contributed by atoms with Crippen LogP contribution in [0.25, 0.3) is 5.69 Å². The maximum Gasteiger partial charge on any atom is 0.307 e. The molecule has 0 aliphatic heterocycles. The number of aromatic nitrogens is 4. The molecule has 0 radical (unpaired) electrons. The Kier molecular flexibility index (Phi) is 3.16. The van der Waals surface area contributed by atoms with E-state index in [9.17, 15) is 9.59 Å². The summed E-state index contributed by atoms with van der Waals surface area (Å²) in [4.78, 5) is 23.4. The van der Waals surface area contributed by atoms with E-state index in [4.69, 9.17) is 5.11 Å². The number of amides is 1. The van der Waals surface area contributed by atoms with Crippen LogP contribution in [0.4, 0.5) is 5.69 Å². The molecular weight excluding hydrogens is 286 g/mol. The predicted molar refractivity (Wildman–Crippen MR) is 76.2 cm³/mol. The third-order valence-electron chi connectivity index (χ3n) is 4.10. The van der Waals surface area contributed by atoms with E-state index in [1.165, 1.54) is 11.0 Å². The van der Waals surface area contributed by atoms with Gasteiger partial charge in [-0.05, 0) is 34.0 Å². The van der Waals surface area contributed by atoms with Crippen molar-refractivity contribution in [2.45, 2.75) is 13.8 Å². The van der Waals surface area contributed by atoms with Gasteiger partial charge in [0.05, 0.1) is 17.5 Å². The number of rotatable bonds is 4. The maximum absolute atomic E-state index is 12.3. The van der Waals surface area contributed by atoms with Gasteiger partial charge in [-0.15, -0.1) is 5.10 Å². The van der Waals surface area contributed by atoms with Crippen LogP contribution in [-0.2, 0) is 9.59 Å². The van der Waals surface area contributed by atoms with Crippen molar-refractivity contribution in [3.63, 3.8) is 0 Å². The second-order valence-electron chi connectivity index (χ2n) is 5.91. The standard InChI is InChI=1S/C14H15N5O3/c1-14(2)10(11(14)13(21)22)12(20)16-8-4-3-5-9(6-8)19-7-15-17-18-19/h3-7,10-11H,1-2H3,(H,16,20)(H,21,22)/t10-,11-/m1/s1. The van der Waals surface area contributed by atoms with Gasteiger partial charge in [-0.2, -0.15) is 0 Å². The van der Waals surface area contributed by atoms with Crippen LogP contribution in [0.2, 0.25) is 0 Å². The molecule has 0 bridgehead atoms. The number of carboxylic acid groups (broad SMARTS) is 1. The van der Waals surface area contributed by atoms with Crippen LogP contribution in [0.15, 0.2) is 30.6 Å². The number of carboxylic acids is 1. The van der Waals surface area contributed by atoms with Gasteiger partial charge in [-0.25, -0.2) is 4.68 Å². The van der Waals surface area contributed by atoms with Gasteiger partial charge in [0.25, 0.3) is 0 Å². The third-order valence-corrected chi connectivity index (χ3v) is 4.10. The fourth-order valence-corrected chi connectivity index (χ4v) is 2.81. The van der Waals surface area contributed by atoms with Crippen molar-refractivity contribution < 1.29 is 14.7 Å². The van der Waals surface area contributed by atoms with Gasteiger partial charge in [-0.3, -0.25) is 9.59 Å². The van der Waals surface area contributed by atoms with Gasteiger partial charge < -0.3 is 10.4 Å². The number of nitrogens with zero attached hydrogens (tertiary/aromatic N) is 4. The van der Waals surface area contributed by atoms with Crippen LogP contribution in [0.5, 0.6) is 0 Å². The molecule has 2 aromatic rings. The summed E-state index contributed by atoms with van der Waals surface area (Å²) < 4.78 is 1.47. The number of nitrogens with one attached hydrogen (secondary N) is 1. The Labute approximate surface area is 126 Å². The first kappa shape index (κ1) is 14.2. The van der Waals surface area contributed by atoms with Crippen LogP contribution in [0, 0.1) is 17.3 Å². The molecular formula is C14H15N5O3. The lowest BCUT2D eigenvalue weighted by Crippen LogP contribution is -2.17. The summed E-state index contributed by atoms with van der Waals surface area (Å²) in [7, 11) is 0. The van der Waals surface area contributed by atoms with Crippen LogP contribution in [-0.4, -0.2) is 37.2 Å². The highest BCUT2D eigenvalue weighted by molar-refractivity contribution is 5.99. The lowest BCUT2D eigenvalue weighted by Gasteiger charge is -2.07. The topological polar surface area (TPSA) is 110 Å². The zero-order valence-electron chi connectivity index (χ0n) is 12.1. The van der Waals surface area contributed by atoms with Gasteiger partial charge >= 0.3 is 5.97 Å². The Morgan fingerprint density at radius 2 is 2.09 bits per heavy atom. The van der Waals surface area contributed by atoms with Crippen LogP contribution < -0.4 is 5.32 Å². The largest absolute Gasteiger partial charge is 0.481 e. The lowest BCUT2D eigenvalue weighted by atomic mass is 10.1. The molecule has 1 heterocycles. The number of hydrogen-bond acceptors (Lipinski definition) is 5. The SMILES string of the molecule is CC1(C)[C@@H](C(=O)O)[C@@H]1C(=O)Nc1cccc(-n2cnnn2)c1. The molecule has 1 aliphatic rings. The summed E-state index contributed by atoms with van der Waals surface area (Å²) in [6, 6.07) is 7.02. The number of hydrogen-bond donors (Lipinski definition) is 2. The number of carbonyl (C=O) groups is 2. The second kappa shape index (κ2) is 4.90. The Morgan fingerprint density at radius 1 is 1.32 bits per heavy atom. The molecule has 22 heavy (non-hydrogen) atoms. The Morgan fingerprint density at radius 3 is 2.68 bits per heavy atom. The van der Waals surface area contributed by atoms with Gasteiger partial charge in [0.1, 0.15) is 6.33 Å². The number of anilines is 1. The van der Waals surface area contributed by atoms with Crippen molar-refractivity contribution in [2.75, 3.05) is 5.32 Å². The molecule has 2 N–H and O–H groups in total. The smallest absolute Gasteiger partial charge is 0.307 e. The second-order valence-corrected chi connectivity index (χ2v) is 5.91.